The molecule has 15 nitrogen and oxygen atoms in total. The number of carbonyl (C=O) groups excluding carboxylic acids is 3. The third-order valence-electron chi connectivity index (χ3n) is 8.35. The Balaban J connectivity index is 0.000000192. The molecule has 0 aliphatic carbocycles. The molecule has 1 unspecified atom stereocenters. The van der Waals surface area contributed by atoms with Crippen molar-refractivity contribution in [2.24, 2.45) is 0 Å². The first-order chi connectivity index (χ1) is 22.3. The summed E-state index contributed by atoms with van der Waals surface area (Å²) in [5.74, 6) is -2.85. The molecule has 6 aliphatic rings. The van der Waals surface area contributed by atoms with Crippen LogP contribution in [0.15, 0.2) is 48.5 Å². The molecule has 17 heteroatoms. The van der Waals surface area contributed by atoms with Crippen LogP contribution in [0.5, 0.6) is 11.5 Å². The molecule has 3 N–H and O–H groups in total. The van der Waals surface area contributed by atoms with Crippen molar-refractivity contribution < 1.29 is 73.5 Å². The van der Waals surface area contributed by atoms with Crippen LogP contribution in [0.2, 0.25) is 0 Å². The summed E-state index contributed by atoms with van der Waals surface area (Å²) in [6.45, 7) is 10.6. The summed E-state index contributed by atoms with van der Waals surface area (Å²) in [4.78, 5) is 58.0. The zero-order chi connectivity index (χ0) is 34.0. The zero-order valence-corrected chi connectivity index (χ0v) is 30.4. The van der Waals surface area contributed by atoms with Gasteiger partial charge in [0, 0.05) is 4.75 Å². The summed E-state index contributed by atoms with van der Waals surface area (Å²) in [6, 6.07) is 11.3. The van der Waals surface area contributed by atoms with Gasteiger partial charge in [-0.1, -0.05) is 36.4 Å². The van der Waals surface area contributed by atoms with Crippen LogP contribution in [0.4, 0.5) is 0 Å². The Morgan fingerprint density at radius 2 is 1.38 bits per heavy atom. The minimum absolute atomic E-state index is 0. The van der Waals surface area contributed by atoms with Crippen molar-refractivity contribution in [3.8, 4) is 11.5 Å². The average Bonchev–Trinajstić information content (AvgIpc) is 3.30. The van der Waals surface area contributed by atoms with Crippen LogP contribution in [-0.2, 0) is 14.4 Å². The molecule has 0 aromatic heterocycles. The molecule has 2 amide bonds. The maximum atomic E-state index is 12.7. The number of β-lactam (4-membered cyclic amide) rings is 1. The first kappa shape index (κ1) is 37.9. The van der Waals surface area contributed by atoms with Crippen LogP contribution >= 0.6 is 11.8 Å². The smallest absolute Gasteiger partial charge is 0.548 e. The monoisotopic (exact) mass is 694 g/mol. The molecule has 4 bridgehead atoms. The summed E-state index contributed by atoms with van der Waals surface area (Å²) >= 11 is 1.33. The summed E-state index contributed by atoms with van der Waals surface area (Å²) in [5, 5.41) is 31.0. The van der Waals surface area contributed by atoms with Crippen molar-refractivity contribution in [1.82, 2.24) is 29.8 Å². The Morgan fingerprint density at radius 3 is 1.79 bits per heavy atom. The number of benzene rings is 2. The molecule has 6 heterocycles. The standard InChI is InChI=1S/C17H20N2O6S.C8H8O3.C6H12N4.Na/c1-17(2)12(16(22)23)19-14(21)11(15(19)26-17)18-13(20)10-8(24-3)6-5-7-9(10)25-4;9-7(8(10)11)6-4-2-1-3-5-6;1-7-2-9-4-8(1)5-10(3-7)6-9;/h5-7,11-12,15H,1-4H3,(H,18,20)(H,22,23);1-5,7,9H,(H,10,11);1-6H2;/q;;;+1/p-1/t11-,12+,15-;;;/m1.../s1. The SMILES string of the molecule is C1N2CN3CN1CN(C2)C3.COc1cccc(OC)c1C(=O)N[C@@H]1C(=O)N2[C@@H]1SC(C)(C)[C@@H]2C(=O)[O-].O=C(O)C(O)c1ccccc1.[Na+]. The van der Waals surface area contributed by atoms with Crippen LogP contribution < -0.4 is 49.5 Å². The van der Waals surface area contributed by atoms with Crippen molar-refractivity contribution in [2.45, 2.75) is 42.2 Å². The van der Waals surface area contributed by atoms with Gasteiger partial charge in [-0.25, -0.2) is 4.79 Å². The molecule has 2 aromatic carbocycles. The minimum atomic E-state index is -1.41. The summed E-state index contributed by atoms with van der Waals surface area (Å²) < 4.78 is 9.71. The molecule has 4 atom stereocenters. The van der Waals surface area contributed by atoms with Crippen molar-refractivity contribution in [2.75, 3.05) is 54.2 Å². The number of methoxy groups -OCH3 is 2. The van der Waals surface area contributed by atoms with Gasteiger partial charge in [-0.2, -0.15) is 0 Å². The van der Waals surface area contributed by atoms with E-state index in [0.29, 0.717) is 17.1 Å². The second-order valence-corrected chi connectivity index (χ2v) is 14.0. The van der Waals surface area contributed by atoms with E-state index in [2.05, 4.69) is 24.9 Å². The Labute approximate surface area is 305 Å². The fourth-order valence-corrected chi connectivity index (χ4v) is 8.05. The fourth-order valence-electron chi connectivity index (χ4n) is 6.43. The molecule has 0 spiro atoms. The number of carbonyl (C=O) groups is 4. The quantitative estimate of drug-likeness (QED) is 0.191. The predicted molar refractivity (Wildman–Crippen MR) is 167 cm³/mol. The average molecular weight is 695 g/mol. The van der Waals surface area contributed by atoms with Crippen LogP contribution in [0.25, 0.3) is 0 Å². The van der Waals surface area contributed by atoms with Crippen molar-refractivity contribution in [3.05, 3.63) is 59.7 Å². The van der Waals surface area contributed by atoms with Crippen LogP contribution in [-0.4, -0.2) is 135 Å². The second kappa shape index (κ2) is 15.7. The van der Waals surface area contributed by atoms with Crippen LogP contribution in [0.1, 0.15) is 35.9 Å². The predicted octanol–water partition coefficient (Wildman–Crippen LogP) is -3.60. The van der Waals surface area contributed by atoms with Gasteiger partial charge in [0.1, 0.15) is 28.5 Å². The Kier molecular flexibility index (Phi) is 12.4. The summed E-state index contributed by atoms with van der Waals surface area (Å²) in [6.07, 6.45) is -1.41. The van der Waals surface area contributed by atoms with E-state index in [0.717, 1.165) is 0 Å². The maximum Gasteiger partial charge on any atom is 1.00 e. The number of hydrogen-bond donors (Lipinski definition) is 3. The molecule has 6 aliphatic heterocycles. The first-order valence-corrected chi connectivity index (χ1v) is 15.8. The van der Waals surface area contributed by atoms with Gasteiger partial charge in [-0.15, -0.1) is 11.8 Å². The molecule has 2 aromatic rings. The van der Waals surface area contributed by atoms with Gasteiger partial charge >= 0.3 is 35.5 Å². The van der Waals surface area contributed by atoms with Crippen molar-refractivity contribution in [3.63, 3.8) is 0 Å². The number of amides is 2. The number of aliphatic hydroxyl groups is 1. The normalized spacial score (nSPS) is 28.9. The first-order valence-electron chi connectivity index (χ1n) is 14.9. The number of aliphatic hydroxyl groups excluding tert-OH is 1. The molecule has 8 rings (SSSR count). The molecular weight excluding hydrogens is 655 g/mol. The number of ether oxygens (including phenoxy) is 2. The van der Waals surface area contributed by atoms with Gasteiger partial charge in [0.05, 0.1) is 66.2 Å². The van der Waals surface area contributed by atoms with Crippen molar-refractivity contribution >= 4 is 35.5 Å². The van der Waals surface area contributed by atoms with Crippen molar-refractivity contribution in [1.29, 1.82) is 0 Å². The number of carboxylic acids is 2. The number of thioether (sulfide) groups is 1. The third kappa shape index (κ3) is 7.93. The number of rotatable bonds is 7. The minimum Gasteiger partial charge on any atom is -0.548 e. The van der Waals surface area contributed by atoms with Gasteiger partial charge in [0.25, 0.3) is 5.91 Å². The summed E-state index contributed by atoms with van der Waals surface area (Å²) in [7, 11) is 2.86. The van der Waals surface area contributed by atoms with Gasteiger partial charge in [0.15, 0.2) is 6.10 Å². The van der Waals surface area contributed by atoms with E-state index in [9.17, 15) is 24.3 Å². The second-order valence-electron chi connectivity index (χ2n) is 12.3. The number of fused-ring (bicyclic) bond motifs is 1. The Bertz CT molecular complexity index is 1420. The van der Waals surface area contributed by atoms with E-state index < -0.39 is 52.1 Å². The summed E-state index contributed by atoms with van der Waals surface area (Å²) in [5.41, 5.74) is 0.586. The maximum absolute atomic E-state index is 12.7. The molecule has 6 saturated heterocycles. The van der Waals surface area contributed by atoms with Gasteiger partial charge in [-0.3, -0.25) is 29.2 Å². The van der Waals surface area contributed by atoms with E-state index in [1.165, 1.54) is 70.9 Å². The van der Waals surface area contributed by atoms with E-state index >= 15 is 0 Å². The molecule has 0 saturated carbocycles. The van der Waals surface area contributed by atoms with E-state index in [-0.39, 0.29) is 35.1 Å². The van der Waals surface area contributed by atoms with E-state index in [4.69, 9.17) is 19.7 Å². The van der Waals surface area contributed by atoms with Gasteiger partial charge in [-0.05, 0) is 31.5 Å². The topological polar surface area (TPSA) is 178 Å². The zero-order valence-electron chi connectivity index (χ0n) is 27.6. The largest absolute Gasteiger partial charge is 1.00 e. The third-order valence-corrected chi connectivity index (χ3v) is 9.93. The molecule has 254 valence electrons. The number of nitrogens with one attached hydrogen (secondary N) is 1. The Hall–Kier alpha value is -2.93. The number of hydrogen-bond acceptors (Lipinski definition) is 13. The number of carboxylic acid groups (broad SMARTS) is 2. The molecule has 0 radical (unpaired) electrons. The van der Waals surface area contributed by atoms with Gasteiger partial charge in [0.2, 0.25) is 5.91 Å². The fraction of sp³-hybridized carbons (Fsp3) is 0.484. The molecule has 48 heavy (non-hydrogen) atoms. The van der Waals surface area contributed by atoms with E-state index in [1.807, 2.05) is 0 Å². The Morgan fingerprint density at radius 1 is 0.896 bits per heavy atom. The van der Waals surface area contributed by atoms with E-state index in [1.54, 1.807) is 62.4 Å². The van der Waals surface area contributed by atoms with Gasteiger partial charge < -0.3 is 39.8 Å². The number of nitrogens with zero attached hydrogens (tertiary/aromatic N) is 5. The number of aliphatic carboxylic acids is 2. The molecular formula is C31H39N6NaO9S. The molecule has 6 fully saturated rings. The van der Waals surface area contributed by atoms with Crippen LogP contribution in [0, 0.1) is 0 Å². The van der Waals surface area contributed by atoms with Crippen LogP contribution in [0.3, 0.4) is 0 Å².